The minimum atomic E-state index is -4.16. The van der Waals surface area contributed by atoms with Gasteiger partial charge in [0.2, 0.25) is 0 Å². The van der Waals surface area contributed by atoms with E-state index in [0.717, 1.165) is 0 Å². The lowest BCUT2D eigenvalue weighted by atomic mass is 10.5. The van der Waals surface area contributed by atoms with Crippen LogP contribution in [0.25, 0.3) is 0 Å². The van der Waals surface area contributed by atoms with Crippen molar-refractivity contribution < 1.29 is 13.2 Å². The lowest BCUT2D eigenvalue weighted by Crippen LogP contribution is -2.10. The molecule has 5 heteroatoms. The monoisotopic (exact) mass is 210 g/mol. The highest BCUT2D eigenvalue weighted by atomic mass is 79.9. The average molecular weight is 211 g/mol. The lowest BCUT2D eigenvalue weighted by Gasteiger charge is -2.04. The third kappa shape index (κ3) is 6.56. The van der Waals surface area contributed by atoms with Crippen LogP contribution in [0.5, 0.6) is 0 Å². The summed E-state index contributed by atoms with van der Waals surface area (Å²) in [6.45, 7) is 0. The number of alkyl halides is 5. The Hall–Kier alpha value is 0.560. The molecule has 0 fully saturated rings. The summed E-state index contributed by atoms with van der Waals surface area (Å²) < 4.78 is 32.6. The molecule has 0 radical (unpaired) electrons. The zero-order valence-electron chi connectivity index (χ0n) is 3.67. The van der Waals surface area contributed by atoms with Gasteiger partial charge >= 0.3 is 6.18 Å². The van der Waals surface area contributed by atoms with E-state index in [-0.39, 0.29) is 0 Å². The normalized spacial score (nSPS) is 16.1. The van der Waals surface area contributed by atoms with Crippen molar-refractivity contribution in [3.8, 4) is 0 Å². The fraction of sp³-hybridized carbons (Fsp3) is 1.00. The molecule has 0 unspecified atom stereocenters. The van der Waals surface area contributed by atoms with Gasteiger partial charge in [0.05, 0.1) is 10.7 Å². The number of halogens is 5. The fourth-order valence-corrected chi connectivity index (χ4v) is 0.717. The van der Waals surface area contributed by atoms with E-state index >= 15 is 0 Å². The Morgan fingerprint density at radius 3 is 1.88 bits per heavy atom. The molecule has 8 heavy (non-hydrogen) atoms. The molecule has 0 spiro atoms. The molecule has 0 rings (SSSR count). The van der Waals surface area contributed by atoms with Crippen LogP contribution in [0.15, 0.2) is 0 Å². The van der Waals surface area contributed by atoms with Crippen LogP contribution in [0.2, 0.25) is 0 Å². The lowest BCUT2D eigenvalue weighted by molar-refractivity contribution is -0.131. The molecule has 50 valence electrons. The van der Waals surface area contributed by atoms with Gasteiger partial charge in [-0.25, -0.2) is 0 Å². The van der Waals surface area contributed by atoms with Gasteiger partial charge in [-0.3, -0.25) is 0 Å². The number of hydrogen-bond acceptors (Lipinski definition) is 0. The van der Waals surface area contributed by atoms with Crippen molar-refractivity contribution in [2.45, 2.75) is 16.9 Å². The van der Waals surface area contributed by atoms with E-state index < -0.39 is 16.9 Å². The summed E-state index contributed by atoms with van der Waals surface area (Å²) in [7, 11) is 0. The molecule has 0 heterocycles. The van der Waals surface area contributed by atoms with Crippen LogP contribution in [0.3, 0.4) is 0 Å². The largest absolute Gasteiger partial charge is 0.391 e. The van der Waals surface area contributed by atoms with Gasteiger partial charge in [0.25, 0.3) is 0 Å². The minimum Gasteiger partial charge on any atom is -0.171 e. The summed E-state index contributed by atoms with van der Waals surface area (Å²) in [4.78, 5) is 0. The van der Waals surface area contributed by atoms with Gasteiger partial charge in [-0.15, -0.1) is 11.6 Å². The number of hydrogen-bond donors (Lipinski definition) is 0. The van der Waals surface area contributed by atoms with Crippen LogP contribution < -0.4 is 0 Å². The molecule has 0 aromatic heterocycles. The van der Waals surface area contributed by atoms with Crippen molar-refractivity contribution >= 4 is 27.5 Å². The van der Waals surface area contributed by atoms with Crippen molar-refractivity contribution in [1.29, 1.82) is 0 Å². The molecule has 0 aliphatic rings. The second-order valence-electron chi connectivity index (χ2n) is 1.21. The van der Waals surface area contributed by atoms with E-state index in [1.54, 1.807) is 0 Å². The molecule has 0 amide bonds. The topological polar surface area (TPSA) is 0 Å². The first-order valence-corrected chi connectivity index (χ1v) is 3.12. The summed E-state index contributed by atoms with van der Waals surface area (Å²) in [6, 6.07) is 0. The van der Waals surface area contributed by atoms with Crippen molar-refractivity contribution in [3.63, 3.8) is 0 Å². The summed E-state index contributed by atoms with van der Waals surface area (Å²) in [5, 5.41) is 0. The molecule has 0 aliphatic heterocycles. The van der Waals surface area contributed by atoms with Crippen LogP contribution in [-0.2, 0) is 0 Å². The highest BCUT2D eigenvalue weighted by Crippen LogP contribution is 2.26. The molecule has 0 saturated heterocycles. The first kappa shape index (κ1) is 8.56. The Morgan fingerprint density at radius 1 is 1.50 bits per heavy atom. The van der Waals surface area contributed by atoms with Gasteiger partial charge in [-0.05, 0) is 0 Å². The molecule has 0 aromatic rings. The summed E-state index contributed by atoms with van der Waals surface area (Å²) in [6.07, 6.45) is -5.15. The van der Waals surface area contributed by atoms with E-state index in [9.17, 15) is 13.2 Å². The molecule has 0 aromatic carbocycles. The third-order valence-corrected chi connectivity index (χ3v) is 0.864. The first-order valence-electron chi connectivity index (χ1n) is 1.77. The van der Waals surface area contributed by atoms with Crippen LogP contribution in [-0.4, -0.2) is 10.5 Å². The molecule has 0 bridgehead atoms. The van der Waals surface area contributed by atoms with Gasteiger partial charge < -0.3 is 0 Å². The smallest absolute Gasteiger partial charge is 0.171 e. The van der Waals surface area contributed by atoms with Crippen molar-refractivity contribution in [2.75, 3.05) is 0 Å². The second kappa shape index (κ2) is 2.92. The summed E-state index contributed by atoms with van der Waals surface area (Å²) >= 11 is 7.51. The molecule has 0 saturated carbocycles. The Balaban J connectivity index is 3.39. The zero-order valence-corrected chi connectivity index (χ0v) is 6.02. The maximum atomic E-state index is 11.2. The molecular weight excluding hydrogens is 208 g/mol. The second-order valence-corrected chi connectivity index (χ2v) is 3.37. The fourth-order valence-electron chi connectivity index (χ4n) is 0.175. The van der Waals surface area contributed by atoms with Crippen LogP contribution >= 0.6 is 27.5 Å². The maximum absolute atomic E-state index is 11.2. The molecule has 0 N–H and O–H groups in total. The minimum absolute atomic E-state index is 0.992. The van der Waals surface area contributed by atoms with Crippen LogP contribution in [0, 0.1) is 0 Å². The Bertz CT molecular complexity index is 69.4. The standard InChI is InChI=1S/C3H3BrClF3/c4-2(5)1-3(6,7)8/h2H,1H2/t2-/m0/s1. The van der Waals surface area contributed by atoms with E-state index in [0.29, 0.717) is 0 Å². The Kier molecular flexibility index (Phi) is 3.12. The van der Waals surface area contributed by atoms with Gasteiger partial charge in [0, 0.05) is 0 Å². The summed E-state index contributed by atoms with van der Waals surface area (Å²) in [5.74, 6) is 0. The van der Waals surface area contributed by atoms with Gasteiger partial charge in [-0.2, -0.15) is 13.2 Å². The van der Waals surface area contributed by atoms with E-state index in [2.05, 4.69) is 15.9 Å². The van der Waals surface area contributed by atoms with E-state index in [1.165, 1.54) is 0 Å². The van der Waals surface area contributed by atoms with Crippen LogP contribution in [0.4, 0.5) is 13.2 Å². The Morgan fingerprint density at radius 2 is 1.88 bits per heavy atom. The first-order chi connectivity index (χ1) is 3.42. The molecule has 1 atom stereocenters. The van der Waals surface area contributed by atoms with Crippen molar-refractivity contribution in [2.24, 2.45) is 0 Å². The third-order valence-electron chi connectivity index (χ3n) is 0.386. The Labute approximate surface area is 58.1 Å². The van der Waals surface area contributed by atoms with Crippen molar-refractivity contribution in [1.82, 2.24) is 0 Å². The SMILES string of the molecule is FC(F)(F)C[C@H](Cl)Br. The summed E-state index contributed by atoms with van der Waals surface area (Å²) in [5.41, 5.74) is 0. The van der Waals surface area contributed by atoms with Crippen molar-refractivity contribution in [3.05, 3.63) is 0 Å². The number of rotatable bonds is 1. The quantitative estimate of drug-likeness (QED) is 0.585. The predicted molar refractivity (Wildman–Crippen MR) is 29.2 cm³/mol. The molecule has 0 aliphatic carbocycles. The van der Waals surface area contributed by atoms with E-state index in [4.69, 9.17) is 11.6 Å². The highest BCUT2D eigenvalue weighted by Gasteiger charge is 2.29. The molecular formula is C3H3BrClF3. The van der Waals surface area contributed by atoms with Crippen LogP contribution in [0.1, 0.15) is 6.42 Å². The maximum Gasteiger partial charge on any atom is 0.391 e. The zero-order chi connectivity index (χ0) is 6.78. The van der Waals surface area contributed by atoms with Gasteiger partial charge in [-0.1, -0.05) is 15.9 Å². The average Bonchev–Trinajstić information content (AvgIpc) is 1.21. The van der Waals surface area contributed by atoms with Gasteiger partial charge in [0.1, 0.15) is 0 Å². The molecule has 0 nitrogen and oxygen atoms in total. The van der Waals surface area contributed by atoms with Gasteiger partial charge in [0.15, 0.2) is 0 Å². The predicted octanol–water partition coefficient (Wildman–Crippen LogP) is 2.90. The highest BCUT2D eigenvalue weighted by molar-refractivity contribution is 9.10. The van der Waals surface area contributed by atoms with E-state index in [1.807, 2.05) is 0 Å².